The quantitative estimate of drug-likeness (QED) is 0.631. The molecule has 0 aliphatic carbocycles. The van der Waals surface area contributed by atoms with Crippen molar-refractivity contribution < 1.29 is 19.1 Å². The number of rotatable bonds is 7. The maximum atomic E-state index is 12.0. The molecule has 0 aliphatic rings. The van der Waals surface area contributed by atoms with Crippen LogP contribution >= 0.6 is 11.3 Å². The van der Waals surface area contributed by atoms with Crippen LogP contribution in [0.3, 0.4) is 0 Å². The van der Waals surface area contributed by atoms with E-state index in [-0.39, 0.29) is 13.2 Å². The normalized spacial score (nSPS) is 10.3. The smallest absolute Gasteiger partial charge is 0.344 e. The number of thiazole rings is 1. The van der Waals surface area contributed by atoms with Gasteiger partial charge in [0.05, 0.1) is 10.7 Å². The minimum absolute atomic E-state index is 0.254. The number of nitrogens with zero attached hydrogens (tertiary/aromatic N) is 1. The first-order chi connectivity index (χ1) is 13.1. The summed E-state index contributed by atoms with van der Waals surface area (Å²) in [5.74, 6) is -0.469. The summed E-state index contributed by atoms with van der Waals surface area (Å²) >= 11 is 1.57. The van der Waals surface area contributed by atoms with Crippen LogP contribution in [0.1, 0.15) is 5.01 Å². The number of para-hydroxylation sites is 1. The Labute approximate surface area is 160 Å². The average Bonchev–Trinajstić information content (AvgIpc) is 3.12. The van der Waals surface area contributed by atoms with Gasteiger partial charge < -0.3 is 14.8 Å². The molecular weight excluding hydrogens is 364 g/mol. The van der Waals surface area contributed by atoms with Gasteiger partial charge in [0.15, 0.2) is 13.2 Å². The number of nitrogens with one attached hydrogen (secondary N) is 1. The molecule has 0 bridgehead atoms. The minimum Gasteiger partial charge on any atom is -0.482 e. The van der Waals surface area contributed by atoms with Crippen LogP contribution < -0.4 is 10.1 Å². The first-order valence-electron chi connectivity index (χ1n) is 8.26. The molecule has 2 aromatic carbocycles. The summed E-state index contributed by atoms with van der Waals surface area (Å²) in [5, 5.41) is 5.65. The van der Waals surface area contributed by atoms with Gasteiger partial charge in [-0.1, -0.05) is 30.3 Å². The number of amides is 1. The second-order valence-electron chi connectivity index (χ2n) is 5.64. The first-order valence-corrected chi connectivity index (χ1v) is 9.14. The lowest BCUT2D eigenvalue weighted by molar-refractivity contribution is -0.149. The molecule has 7 heteroatoms. The summed E-state index contributed by atoms with van der Waals surface area (Å²) in [7, 11) is 0. The van der Waals surface area contributed by atoms with Crippen molar-refractivity contribution in [1.82, 2.24) is 4.98 Å². The van der Waals surface area contributed by atoms with Crippen molar-refractivity contribution in [2.24, 2.45) is 0 Å². The van der Waals surface area contributed by atoms with E-state index in [2.05, 4.69) is 10.3 Å². The molecule has 0 saturated heterocycles. The van der Waals surface area contributed by atoms with Gasteiger partial charge in [-0.15, -0.1) is 11.3 Å². The second-order valence-corrected chi connectivity index (χ2v) is 6.71. The van der Waals surface area contributed by atoms with Gasteiger partial charge in [-0.25, -0.2) is 9.78 Å². The molecule has 1 amide bonds. The van der Waals surface area contributed by atoms with Crippen molar-refractivity contribution in [3.63, 3.8) is 0 Å². The summed E-state index contributed by atoms with van der Waals surface area (Å²) in [6, 6.07) is 16.3. The third-order valence-electron chi connectivity index (χ3n) is 3.53. The number of carbonyl (C=O) groups excluding carboxylic acids is 2. The molecule has 1 N–H and O–H groups in total. The summed E-state index contributed by atoms with van der Waals surface area (Å²) < 4.78 is 10.2. The largest absolute Gasteiger partial charge is 0.482 e. The first kappa shape index (κ1) is 18.6. The maximum absolute atomic E-state index is 12.0. The standard InChI is InChI=1S/C20H18N2O4S/c1-14-21-18(13-27-14)15-6-5-7-16(10-15)22-19(23)11-26-20(24)12-25-17-8-3-2-4-9-17/h2-10,13H,11-12H2,1H3,(H,22,23). The summed E-state index contributed by atoms with van der Waals surface area (Å²) in [6.45, 7) is 1.31. The molecule has 0 atom stereocenters. The van der Waals surface area contributed by atoms with Gasteiger partial charge in [0.1, 0.15) is 5.75 Å². The maximum Gasteiger partial charge on any atom is 0.344 e. The highest BCUT2D eigenvalue weighted by Crippen LogP contribution is 2.24. The fourth-order valence-corrected chi connectivity index (χ4v) is 2.92. The van der Waals surface area contributed by atoms with E-state index >= 15 is 0 Å². The lowest BCUT2D eigenvalue weighted by Gasteiger charge is -2.08. The number of ether oxygens (including phenoxy) is 2. The molecule has 0 spiro atoms. The summed E-state index contributed by atoms with van der Waals surface area (Å²) in [4.78, 5) is 28.1. The van der Waals surface area contributed by atoms with Crippen LogP contribution in [-0.4, -0.2) is 30.1 Å². The summed E-state index contributed by atoms with van der Waals surface area (Å²) in [6.07, 6.45) is 0. The molecule has 6 nitrogen and oxygen atoms in total. The van der Waals surface area contributed by atoms with Crippen LogP contribution in [0.25, 0.3) is 11.3 Å². The molecular formula is C20H18N2O4S. The van der Waals surface area contributed by atoms with E-state index in [1.165, 1.54) is 0 Å². The predicted octanol–water partition coefficient (Wildman–Crippen LogP) is 3.68. The Bertz CT molecular complexity index is 924. The highest BCUT2D eigenvalue weighted by atomic mass is 32.1. The van der Waals surface area contributed by atoms with Gasteiger partial charge in [-0.3, -0.25) is 4.79 Å². The Morgan fingerprint density at radius 3 is 2.63 bits per heavy atom. The molecule has 1 aromatic heterocycles. The van der Waals surface area contributed by atoms with Gasteiger partial charge in [-0.2, -0.15) is 0 Å². The second kappa shape index (κ2) is 8.95. The number of benzene rings is 2. The SMILES string of the molecule is Cc1nc(-c2cccc(NC(=O)COC(=O)COc3ccccc3)c2)cs1. The Balaban J connectivity index is 1.47. The number of hydrogen-bond acceptors (Lipinski definition) is 6. The molecule has 0 aliphatic heterocycles. The molecule has 27 heavy (non-hydrogen) atoms. The van der Waals surface area contributed by atoms with Crippen LogP contribution in [0.2, 0.25) is 0 Å². The molecule has 3 rings (SSSR count). The van der Waals surface area contributed by atoms with Crippen molar-refractivity contribution in [3.05, 3.63) is 65.0 Å². The zero-order chi connectivity index (χ0) is 19.1. The van der Waals surface area contributed by atoms with Gasteiger partial charge in [-0.05, 0) is 31.2 Å². The van der Waals surface area contributed by atoms with Gasteiger partial charge in [0.25, 0.3) is 5.91 Å². The number of aryl methyl sites for hydroxylation is 1. The van der Waals surface area contributed by atoms with Crippen molar-refractivity contribution in [2.75, 3.05) is 18.5 Å². The lowest BCUT2D eigenvalue weighted by atomic mass is 10.1. The molecule has 0 fully saturated rings. The summed E-state index contributed by atoms with van der Waals surface area (Å²) in [5.41, 5.74) is 2.38. The van der Waals surface area contributed by atoms with Crippen LogP contribution in [0, 0.1) is 6.92 Å². The number of esters is 1. The van der Waals surface area contributed by atoms with Gasteiger partial charge in [0.2, 0.25) is 0 Å². The topological polar surface area (TPSA) is 77.5 Å². The highest BCUT2D eigenvalue weighted by Gasteiger charge is 2.10. The number of anilines is 1. The van der Waals surface area contributed by atoms with Gasteiger partial charge >= 0.3 is 5.97 Å². The van der Waals surface area contributed by atoms with E-state index in [1.807, 2.05) is 36.6 Å². The van der Waals surface area contributed by atoms with E-state index in [0.717, 1.165) is 16.3 Å². The number of hydrogen-bond donors (Lipinski definition) is 1. The van der Waals surface area contributed by atoms with Crippen molar-refractivity contribution in [3.8, 4) is 17.0 Å². The molecule has 3 aromatic rings. The van der Waals surface area contributed by atoms with Crippen LogP contribution in [0.15, 0.2) is 60.0 Å². The zero-order valence-electron chi connectivity index (χ0n) is 14.7. The number of aromatic nitrogens is 1. The van der Waals surface area contributed by atoms with Crippen LogP contribution in [0.5, 0.6) is 5.75 Å². The molecule has 138 valence electrons. The van der Waals surface area contributed by atoms with Crippen LogP contribution in [0.4, 0.5) is 5.69 Å². The fourth-order valence-electron chi connectivity index (χ4n) is 2.30. The highest BCUT2D eigenvalue weighted by molar-refractivity contribution is 7.09. The Hall–Kier alpha value is -3.19. The van der Waals surface area contributed by atoms with E-state index in [4.69, 9.17) is 9.47 Å². The third-order valence-corrected chi connectivity index (χ3v) is 4.30. The van der Waals surface area contributed by atoms with E-state index in [9.17, 15) is 9.59 Å². The van der Waals surface area contributed by atoms with Crippen molar-refractivity contribution in [2.45, 2.75) is 6.92 Å². The zero-order valence-corrected chi connectivity index (χ0v) is 15.5. The molecule has 0 radical (unpaired) electrons. The minimum atomic E-state index is -0.610. The monoisotopic (exact) mass is 382 g/mol. The van der Waals surface area contributed by atoms with Gasteiger partial charge in [0, 0.05) is 16.6 Å². The lowest BCUT2D eigenvalue weighted by Crippen LogP contribution is -2.23. The van der Waals surface area contributed by atoms with E-state index in [0.29, 0.717) is 11.4 Å². The predicted molar refractivity (Wildman–Crippen MR) is 104 cm³/mol. The van der Waals surface area contributed by atoms with Crippen LogP contribution in [-0.2, 0) is 14.3 Å². The van der Waals surface area contributed by atoms with E-state index < -0.39 is 11.9 Å². The Morgan fingerprint density at radius 1 is 1.07 bits per heavy atom. The van der Waals surface area contributed by atoms with E-state index in [1.54, 1.807) is 41.7 Å². The molecule has 0 saturated carbocycles. The molecule has 0 unspecified atom stereocenters. The number of carbonyl (C=O) groups is 2. The molecule has 1 heterocycles. The Kier molecular flexibility index (Phi) is 6.17. The third kappa shape index (κ3) is 5.65. The van der Waals surface area contributed by atoms with Crippen molar-refractivity contribution >= 4 is 28.9 Å². The Morgan fingerprint density at radius 2 is 1.89 bits per heavy atom. The van der Waals surface area contributed by atoms with Crippen molar-refractivity contribution in [1.29, 1.82) is 0 Å². The average molecular weight is 382 g/mol. The fraction of sp³-hybridized carbons (Fsp3) is 0.150.